The van der Waals surface area contributed by atoms with Crippen LogP contribution in [-0.2, 0) is 6.42 Å². The normalized spacial score (nSPS) is 17.2. The van der Waals surface area contributed by atoms with Gasteiger partial charge in [-0.2, -0.15) is 0 Å². The van der Waals surface area contributed by atoms with E-state index in [-0.39, 0.29) is 12.5 Å². The molecule has 1 aliphatic rings. The summed E-state index contributed by atoms with van der Waals surface area (Å²) < 4.78 is 0. The first-order valence-corrected chi connectivity index (χ1v) is 8.19. The molecule has 0 bridgehead atoms. The Hall–Kier alpha value is -0.910. The molecule has 0 atom stereocenters. The average molecular weight is 296 g/mol. The number of thiophene rings is 1. The van der Waals surface area contributed by atoms with Crippen LogP contribution in [0.5, 0.6) is 0 Å². The maximum Gasteiger partial charge on any atom is 0.263 e. The molecule has 1 aromatic rings. The number of nitrogens with zero attached hydrogens (tertiary/aromatic N) is 2. The lowest BCUT2D eigenvalue weighted by Crippen LogP contribution is -2.35. The lowest BCUT2D eigenvalue weighted by molar-refractivity contribution is 0.0765. The summed E-state index contributed by atoms with van der Waals surface area (Å²) in [6, 6.07) is 2.05. The largest absolute Gasteiger partial charge is 0.395 e. The summed E-state index contributed by atoms with van der Waals surface area (Å²) in [6.07, 6.45) is 1.97. The van der Waals surface area contributed by atoms with E-state index in [2.05, 4.69) is 24.8 Å². The molecule has 1 aliphatic heterocycles. The molecule has 1 aromatic heterocycles. The van der Waals surface area contributed by atoms with Gasteiger partial charge in [0.2, 0.25) is 0 Å². The van der Waals surface area contributed by atoms with Crippen molar-refractivity contribution in [2.75, 3.05) is 39.3 Å². The molecule has 2 rings (SSSR count). The van der Waals surface area contributed by atoms with Gasteiger partial charge in [0.05, 0.1) is 11.5 Å². The van der Waals surface area contributed by atoms with Crippen LogP contribution in [0.2, 0.25) is 0 Å². The van der Waals surface area contributed by atoms with Crippen molar-refractivity contribution in [1.29, 1.82) is 0 Å². The molecule has 1 amide bonds. The molecule has 1 fully saturated rings. The number of hydrogen-bond donors (Lipinski definition) is 1. The van der Waals surface area contributed by atoms with E-state index in [1.807, 2.05) is 4.90 Å². The number of aryl methyl sites for hydroxylation is 2. The number of hydrogen-bond acceptors (Lipinski definition) is 4. The minimum absolute atomic E-state index is 0.170. The molecule has 0 spiro atoms. The molecule has 2 heterocycles. The molecule has 0 radical (unpaired) electrons. The van der Waals surface area contributed by atoms with Gasteiger partial charge in [0.1, 0.15) is 0 Å². The Balaban J connectivity index is 2.01. The summed E-state index contributed by atoms with van der Waals surface area (Å²) in [5.41, 5.74) is 1.29. The van der Waals surface area contributed by atoms with Crippen LogP contribution in [-0.4, -0.2) is 60.1 Å². The van der Waals surface area contributed by atoms with Gasteiger partial charge in [-0.3, -0.25) is 9.69 Å². The van der Waals surface area contributed by atoms with Gasteiger partial charge in [-0.15, -0.1) is 11.3 Å². The number of carbonyl (C=O) groups is 1. The summed E-state index contributed by atoms with van der Waals surface area (Å²) in [7, 11) is 0. The molecule has 112 valence electrons. The van der Waals surface area contributed by atoms with Gasteiger partial charge in [0.25, 0.3) is 5.91 Å². The van der Waals surface area contributed by atoms with Gasteiger partial charge in [-0.05, 0) is 37.9 Å². The highest BCUT2D eigenvalue weighted by atomic mass is 32.1. The van der Waals surface area contributed by atoms with Crippen molar-refractivity contribution in [2.24, 2.45) is 0 Å². The van der Waals surface area contributed by atoms with E-state index in [0.717, 1.165) is 43.9 Å². The Bertz CT molecular complexity index is 459. The van der Waals surface area contributed by atoms with Crippen molar-refractivity contribution in [3.05, 3.63) is 21.4 Å². The van der Waals surface area contributed by atoms with Crippen LogP contribution in [0.25, 0.3) is 0 Å². The zero-order chi connectivity index (χ0) is 14.5. The fourth-order valence-electron chi connectivity index (χ4n) is 2.67. The third kappa shape index (κ3) is 3.59. The lowest BCUT2D eigenvalue weighted by atomic mass is 10.2. The average Bonchev–Trinajstić information content (AvgIpc) is 2.67. The van der Waals surface area contributed by atoms with Crippen molar-refractivity contribution >= 4 is 17.2 Å². The van der Waals surface area contributed by atoms with Crippen LogP contribution in [0.15, 0.2) is 6.07 Å². The minimum Gasteiger partial charge on any atom is -0.395 e. The smallest absolute Gasteiger partial charge is 0.263 e. The molecule has 4 nitrogen and oxygen atoms in total. The van der Waals surface area contributed by atoms with E-state index in [4.69, 9.17) is 5.11 Å². The highest BCUT2D eigenvalue weighted by Gasteiger charge is 2.21. The van der Waals surface area contributed by atoms with Crippen LogP contribution in [0.3, 0.4) is 0 Å². The number of aliphatic hydroxyl groups excluding tert-OH is 1. The number of amides is 1. The summed E-state index contributed by atoms with van der Waals surface area (Å²) in [5.74, 6) is 0.170. The van der Waals surface area contributed by atoms with Gasteiger partial charge in [0.15, 0.2) is 0 Å². The quantitative estimate of drug-likeness (QED) is 0.921. The van der Waals surface area contributed by atoms with Crippen molar-refractivity contribution in [3.8, 4) is 0 Å². The van der Waals surface area contributed by atoms with Crippen LogP contribution in [0, 0.1) is 6.92 Å². The monoisotopic (exact) mass is 296 g/mol. The molecule has 1 saturated heterocycles. The molecule has 20 heavy (non-hydrogen) atoms. The predicted molar refractivity (Wildman–Crippen MR) is 82.5 cm³/mol. The third-order valence-corrected chi connectivity index (χ3v) is 4.98. The Morgan fingerprint density at radius 1 is 1.35 bits per heavy atom. The Morgan fingerprint density at radius 2 is 2.15 bits per heavy atom. The minimum atomic E-state index is 0.170. The maximum atomic E-state index is 12.6. The second-order valence-electron chi connectivity index (χ2n) is 5.26. The van der Waals surface area contributed by atoms with E-state index >= 15 is 0 Å². The van der Waals surface area contributed by atoms with Gasteiger partial charge in [-0.1, -0.05) is 6.92 Å². The van der Waals surface area contributed by atoms with Crippen LogP contribution in [0.4, 0.5) is 0 Å². The molecule has 0 saturated carbocycles. The van der Waals surface area contributed by atoms with E-state index in [9.17, 15) is 4.79 Å². The van der Waals surface area contributed by atoms with Crippen LogP contribution in [0.1, 0.15) is 33.5 Å². The SMILES string of the molecule is CCc1cc(C(=O)N2CCCN(CCO)CC2)sc1C. The first-order valence-electron chi connectivity index (χ1n) is 7.37. The van der Waals surface area contributed by atoms with Gasteiger partial charge < -0.3 is 10.0 Å². The van der Waals surface area contributed by atoms with E-state index < -0.39 is 0 Å². The summed E-state index contributed by atoms with van der Waals surface area (Å²) in [4.78, 5) is 18.9. The Kier molecular flexibility index (Phi) is 5.57. The van der Waals surface area contributed by atoms with Crippen molar-refractivity contribution < 1.29 is 9.90 Å². The highest BCUT2D eigenvalue weighted by molar-refractivity contribution is 7.14. The van der Waals surface area contributed by atoms with Crippen molar-refractivity contribution in [3.63, 3.8) is 0 Å². The maximum absolute atomic E-state index is 12.6. The molecule has 0 aliphatic carbocycles. The van der Waals surface area contributed by atoms with Gasteiger partial charge in [-0.25, -0.2) is 0 Å². The van der Waals surface area contributed by atoms with Gasteiger partial charge >= 0.3 is 0 Å². The second kappa shape index (κ2) is 7.20. The number of carbonyl (C=O) groups excluding carboxylic acids is 1. The molecule has 5 heteroatoms. The first-order chi connectivity index (χ1) is 9.65. The first kappa shape index (κ1) is 15.5. The standard InChI is InChI=1S/C15H24N2O2S/c1-3-13-11-14(20-12(13)2)15(19)17-6-4-5-16(7-8-17)9-10-18/h11,18H,3-10H2,1-2H3. The third-order valence-electron chi connectivity index (χ3n) is 3.90. The lowest BCUT2D eigenvalue weighted by Gasteiger charge is -2.20. The number of β-amino-alcohol motifs (C(OH)–C–C–N with tert-alkyl or cyclic N) is 1. The molecular formula is C15H24N2O2S. The van der Waals surface area contributed by atoms with Crippen LogP contribution < -0.4 is 0 Å². The number of aliphatic hydroxyl groups is 1. The Morgan fingerprint density at radius 3 is 2.80 bits per heavy atom. The fraction of sp³-hybridized carbons (Fsp3) is 0.667. The zero-order valence-corrected chi connectivity index (χ0v) is 13.2. The number of rotatable bonds is 4. The van der Waals surface area contributed by atoms with Crippen molar-refractivity contribution in [2.45, 2.75) is 26.7 Å². The van der Waals surface area contributed by atoms with E-state index in [1.54, 1.807) is 11.3 Å². The molecule has 0 aromatic carbocycles. The molecular weight excluding hydrogens is 272 g/mol. The fourth-order valence-corrected chi connectivity index (χ4v) is 3.75. The highest BCUT2D eigenvalue weighted by Crippen LogP contribution is 2.23. The summed E-state index contributed by atoms with van der Waals surface area (Å²) >= 11 is 1.61. The summed E-state index contributed by atoms with van der Waals surface area (Å²) in [6.45, 7) is 8.52. The summed E-state index contributed by atoms with van der Waals surface area (Å²) in [5, 5.41) is 9.00. The topological polar surface area (TPSA) is 43.8 Å². The zero-order valence-electron chi connectivity index (χ0n) is 12.4. The van der Waals surface area contributed by atoms with Crippen LogP contribution >= 0.6 is 11.3 Å². The van der Waals surface area contributed by atoms with E-state index in [0.29, 0.717) is 6.54 Å². The molecule has 1 N–H and O–H groups in total. The van der Waals surface area contributed by atoms with Crippen molar-refractivity contribution in [1.82, 2.24) is 9.80 Å². The Labute approximate surface area is 125 Å². The molecule has 0 unspecified atom stereocenters. The van der Waals surface area contributed by atoms with Gasteiger partial charge in [0, 0.05) is 31.1 Å². The predicted octanol–water partition coefficient (Wildman–Crippen LogP) is 1.76. The second-order valence-corrected chi connectivity index (χ2v) is 6.51. The van der Waals surface area contributed by atoms with E-state index in [1.165, 1.54) is 10.4 Å².